The summed E-state index contributed by atoms with van der Waals surface area (Å²) in [7, 11) is 0. The second-order valence-corrected chi connectivity index (χ2v) is 11.1. The molecule has 0 spiro atoms. The minimum atomic E-state index is 0.0757. The molecule has 0 unspecified atom stereocenters. The van der Waals surface area contributed by atoms with Gasteiger partial charge in [-0.1, -0.05) is 33.3 Å². The average molecular weight is 433 g/mol. The second-order valence-electron chi connectivity index (χ2n) is 8.46. The number of halogens is 1. The van der Waals surface area contributed by atoms with Crippen LogP contribution in [-0.4, -0.2) is 25.4 Å². The van der Waals surface area contributed by atoms with Gasteiger partial charge in [0.15, 0.2) is 5.01 Å². The summed E-state index contributed by atoms with van der Waals surface area (Å²) in [5.74, 6) is 1.66. The van der Waals surface area contributed by atoms with Crippen LogP contribution < -0.4 is 5.32 Å². The monoisotopic (exact) mass is 432 g/mol. The molecule has 1 amide bonds. The van der Waals surface area contributed by atoms with Crippen molar-refractivity contribution in [1.29, 1.82) is 0 Å². The Balaban J connectivity index is 1.28. The van der Waals surface area contributed by atoms with Crippen LogP contribution >= 0.6 is 27.3 Å². The Morgan fingerprint density at radius 3 is 2.73 bits per heavy atom. The highest BCUT2D eigenvalue weighted by Crippen LogP contribution is 2.65. The van der Waals surface area contributed by atoms with Crippen LogP contribution in [0.25, 0.3) is 10.7 Å². The smallest absolute Gasteiger partial charge is 0.226 e. The minimum Gasteiger partial charge on any atom is -0.301 e. The van der Waals surface area contributed by atoms with Gasteiger partial charge in [-0.25, -0.2) is 0 Å². The third-order valence-corrected chi connectivity index (χ3v) is 7.99. The van der Waals surface area contributed by atoms with Gasteiger partial charge >= 0.3 is 0 Å². The Kier molecular flexibility index (Phi) is 3.94. The van der Waals surface area contributed by atoms with E-state index < -0.39 is 0 Å². The van der Waals surface area contributed by atoms with E-state index in [-0.39, 0.29) is 15.6 Å². The Morgan fingerprint density at radius 2 is 2.04 bits per heavy atom. The molecular formula is C19H21BrN4OS. The van der Waals surface area contributed by atoms with Gasteiger partial charge in [0.05, 0.1) is 0 Å². The molecule has 2 atom stereocenters. The predicted octanol–water partition coefficient (Wildman–Crippen LogP) is 4.66. The van der Waals surface area contributed by atoms with Gasteiger partial charge in [0, 0.05) is 16.9 Å². The normalized spacial score (nSPS) is 34.8. The number of nitrogens with one attached hydrogen (secondary N) is 1. The van der Waals surface area contributed by atoms with E-state index >= 15 is 0 Å². The van der Waals surface area contributed by atoms with Gasteiger partial charge in [-0.2, -0.15) is 0 Å². The van der Waals surface area contributed by atoms with Crippen molar-refractivity contribution < 1.29 is 4.79 Å². The molecule has 4 bridgehead atoms. The molecule has 0 aliphatic heterocycles. The number of hydrogen-bond donors (Lipinski definition) is 1. The number of anilines is 1. The molecule has 0 radical (unpaired) electrons. The summed E-state index contributed by atoms with van der Waals surface area (Å²) in [6, 6.07) is 5.69. The van der Waals surface area contributed by atoms with Crippen LogP contribution in [0.5, 0.6) is 0 Å². The lowest BCUT2D eigenvalue weighted by Gasteiger charge is -2.60. The first-order valence-corrected chi connectivity index (χ1v) is 10.9. The van der Waals surface area contributed by atoms with Gasteiger partial charge in [-0.3, -0.25) is 9.78 Å². The maximum Gasteiger partial charge on any atom is 0.226 e. The van der Waals surface area contributed by atoms with E-state index in [1.165, 1.54) is 43.4 Å². The van der Waals surface area contributed by atoms with Crippen molar-refractivity contribution in [2.75, 3.05) is 5.32 Å². The first-order valence-electron chi connectivity index (χ1n) is 9.25. The third-order valence-electron chi connectivity index (χ3n) is 6.20. The lowest BCUT2D eigenvalue weighted by atomic mass is 9.48. The van der Waals surface area contributed by atoms with Gasteiger partial charge < -0.3 is 5.32 Å². The van der Waals surface area contributed by atoms with Crippen LogP contribution in [0.4, 0.5) is 5.13 Å². The molecule has 2 aromatic heterocycles. The number of carbonyl (C=O) groups excluding carboxylic acids is 1. The molecule has 6 rings (SSSR count). The van der Waals surface area contributed by atoms with E-state index in [2.05, 4.69) is 36.4 Å². The Hall–Kier alpha value is -1.34. The number of nitrogens with zero attached hydrogens (tertiary/aromatic N) is 3. The minimum absolute atomic E-state index is 0.0757. The molecule has 4 fully saturated rings. The summed E-state index contributed by atoms with van der Waals surface area (Å²) >= 11 is 5.40. The number of alkyl halides is 1. The molecule has 4 aliphatic carbocycles. The van der Waals surface area contributed by atoms with Crippen molar-refractivity contribution in [3.05, 3.63) is 24.4 Å². The maximum atomic E-state index is 12.7. The standard InChI is InChI=1S/C19H21BrN4OS/c20-19-8-12-5-13(9-19)7-18(6-12,11-19)10-15(25)22-17-24-23-16(26-17)14-3-1-2-4-21-14/h1-4,12-13H,5-11H2,(H,22,24,25)/t12-,13-,18?,19?/m1/s1. The van der Waals surface area contributed by atoms with Crippen molar-refractivity contribution in [2.24, 2.45) is 17.3 Å². The van der Waals surface area contributed by atoms with Gasteiger partial charge in [0.1, 0.15) is 5.69 Å². The summed E-state index contributed by atoms with van der Waals surface area (Å²) < 4.78 is 0.284. The van der Waals surface area contributed by atoms with Crippen LogP contribution in [0.2, 0.25) is 0 Å². The van der Waals surface area contributed by atoms with Gasteiger partial charge in [-0.05, 0) is 67.9 Å². The number of aromatic nitrogens is 3. The summed E-state index contributed by atoms with van der Waals surface area (Å²) in [5, 5.41) is 12.6. The lowest BCUT2D eigenvalue weighted by Crippen LogP contribution is -2.53. The fraction of sp³-hybridized carbons (Fsp3) is 0.579. The van der Waals surface area contributed by atoms with Crippen LogP contribution in [-0.2, 0) is 4.79 Å². The van der Waals surface area contributed by atoms with Crippen LogP contribution in [0.1, 0.15) is 44.9 Å². The first kappa shape index (κ1) is 16.8. The Bertz CT molecular complexity index is 825. The van der Waals surface area contributed by atoms with Gasteiger partial charge in [-0.15, -0.1) is 10.2 Å². The number of pyridine rings is 1. The number of hydrogen-bond acceptors (Lipinski definition) is 5. The Labute approximate surface area is 165 Å². The van der Waals surface area contributed by atoms with Crippen LogP contribution in [0.15, 0.2) is 24.4 Å². The molecule has 26 heavy (non-hydrogen) atoms. The van der Waals surface area contributed by atoms with Gasteiger partial charge in [0.25, 0.3) is 0 Å². The highest BCUT2D eigenvalue weighted by Gasteiger charge is 2.57. The fourth-order valence-electron chi connectivity index (χ4n) is 5.91. The first-order chi connectivity index (χ1) is 12.5. The van der Waals surface area contributed by atoms with Crippen molar-refractivity contribution in [3.63, 3.8) is 0 Å². The predicted molar refractivity (Wildman–Crippen MR) is 105 cm³/mol. The third kappa shape index (κ3) is 3.09. The lowest BCUT2D eigenvalue weighted by molar-refractivity contribution is -0.123. The summed E-state index contributed by atoms with van der Waals surface area (Å²) in [4.78, 5) is 17.0. The van der Waals surface area contributed by atoms with Crippen molar-refractivity contribution in [2.45, 2.75) is 49.3 Å². The molecule has 4 saturated carbocycles. The largest absolute Gasteiger partial charge is 0.301 e. The second kappa shape index (κ2) is 6.09. The molecule has 4 aliphatic rings. The molecular weight excluding hydrogens is 412 g/mol. The molecule has 136 valence electrons. The Morgan fingerprint density at radius 1 is 1.23 bits per heavy atom. The van der Waals surface area contributed by atoms with Crippen LogP contribution in [0, 0.1) is 17.3 Å². The molecule has 2 aromatic rings. The molecule has 0 saturated heterocycles. The zero-order chi connectivity index (χ0) is 17.8. The number of rotatable bonds is 4. The fourth-order valence-corrected chi connectivity index (χ4v) is 8.16. The molecule has 5 nitrogen and oxygen atoms in total. The molecule has 2 heterocycles. The van der Waals surface area contributed by atoms with Gasteiger partial charge in [0.2, 0.25) is 11.0 Å². The molecule has 7 heteroatoms. The van der Waals surface area contributed by atoms with E-state index in [9.17, 15) is 4.79 Å². The maximum absolute atomic E-state index is 12.7. The van der Waals surface area contributed by atoms with Crippen LogP contribution in [0.3, 0.4) is 0 Å². The zero-order valence-corrected chi connectivity index (χ0v) is 16.9. The molecule has 1 N–H and O–H groups in total. The van der Waals surface area contributed by atoms with E-state index in [1.807, 2.05) is 18.2 Å². The highest BCUT2D eigenvalue weighted by molar-refractivity contribution is 9.10. The van der Waals surface area contributed by atoms with Crippen molar-refractivity contribution in [1.82, 2.24) is 15.2 Å². The quantitative estimate of drug-likeness (QED) is 0.712. The average Bonchev–Trinajstić information content (AvgIpc) is 3.01. The zero-order valence-electron chi connectivity index (χ0n) is 14.4. The molecule has 0 aromatic carbocycles. The summed E-state index contributed by atoms with van der Waals surface area (Å²) in [6.45, 7) is 0. The van der Waals surface area contributed by atoms with E-state index in [1.54, 1.807) is 6.20 Å². The number of amides is 1. The van der Waals surface area contributed by atoms with E-state index in [0.29, 0.717) is 11.6 Å². The van der Waals surface area contributed by atoms with E-state index in [4.69, 9.17) is 0 Å². The summed E-state index contributed by atoms with van der Waals surface area (Å²) in [5.41, 5.74) is 0.958. The number of carbonyl (C=O) groups is 1. The topological polar surface area (TPSA) is 67.8 Å². The van der Waals surface area contributed by atoms with Crippen molar-refractivity contribution in [3.8, 4) is 10.7 Å². The highest BCUT2D eigenvalue weighted by atomic mass is 79.9. The van der Waals surface area contributed by atoms with E-state index in [0.717, 1.165) is 29.0 Å². The van der Waals surface area contributed by atoms with Crippen molar-refractivity contribution >= 4 is 38.3 Å². The summed E-state index contributed by atoms with van der Waals surface area (Å²) in [6.07, 6.45) is 9.83. The SMILES string of the molecule is O=C(CC12C[C@H]3C[C@@H](CC(Br)(C3)C1)C2)Nc1nnc(-c2ccccn2)s1.